The molecular weight excluding hydrogens is 201 g/mol. The van der Waals surface area contributed by atoms with Gasteiger partial charge in [0.05, 0.1) is 0 Å². The summed E-state index contributed by atoms with van der Waals surface area (Å²) < 4.78 is 64.6. The summed E-state index contributed by atoms with van der Waals surface area (Å²) in [7, 11) is -4.87. The fourth-order valence-corrected chi connectivity index (χ4v) is 1.10. The molecule has 1 saturated heterocycles. The Labute approximate surface area is 66.5 Å². The van der Waals surface area contributed by atoms with Crippen molar-refractivity contribution in [2.45, 2.75) is 17.6 Å². The zero-order valence-electron chi connectivity index (χ0n) is 5.83. The van der Waals surface area contributed by atoms with Gasteiger partial charge in [-0.05, 0) is 0 Å². The van der Waals surface area contributed by atoms with Crippen molar-refractivity contribution in [1.82, 2.24) is 0 Å². The van der Waals surface area contributed by atoms with Gasteiger partial charge in [0, 0.05) is 7.11 Å². The van der Waals surface area contributed by atoms with Crippen LogP contribution in [0.25, 0.3) is 0 Å². The summed E-state index contributed by atoms with van der Waals surface area (Å²) in [5.74, 6) is 0. The van der Waals surface area contributed by atoms with Gasteiger partial charge in [-0.25, -0.2) is 0 Å². The molecule has 0 aromatic rings. The van der Waals surface area contributed by atoms with Gasteiger partial charge in [0.15, 0.2) is 12.4 Å². The zero-order valence-corrected chi connectivity index (χ0v) is 6.65. The molecule has 8 heteroatoms. The third-order valence-corrected chi connectivity index (χ3v) is 2.22. The van der Waals surface area contributed by atoms with Crippen LogP contribution in [0, 0.1) is 0 Å². The van der Waals surface area contributed by atoms with Crippen LogP contribution in [0.15, 0.2) is 0 Å². The minimum atomic E-state index is -5.92. The Morgan fingerprint density at radius 2 is 2.00 bits per heavy atom. The Kier molecular flexibility index (Phi) is 2.09. The SMILES string of the molecule is COC1OC1C(F)(F)S(=O)(=O)F. The van der Waals surface area contributed by atoms with Crippen molar-refractivity contribution in [3.05, 3.63) is 0 Å². The molecule has 1 heterocycles. The molecule has 0 N–H and O–H groups in total. The first-order valence-electron chi connectivity index (χ1n) is 2.81. The van der Waals surface area contributed by atoms with E-state index in [1.54, 1.807) is 0 Å². The Morgan fingerprint density at radius 1 is 1.50 bits per heavy atom. The van der Waals surface area contributed by atoms with Gasteiger partial charge >= 0.3 is 15.5 Å². The van der Waals surface area contributed by atoms with E-state index in [-0.39, 0.29) is 0 Å². The minimum absolute atomic E-state index is 1.05. The van der Waals surface area contributed by atoms with E-state index in [1.807, 2.05) is 0 Å². The first-order valence-corrected chi connectivity index (χ1v) is 4.19. The van der Waals surface area contributed by atoms with E-state index in [0.717, 1.165) is 7.11 Å². The van der Waals surface area contributed by atoms with Crippen LogP contribution in [0.2, 0.25) is 0 Å². The van der Waals surface area contributed by atoms with E-state index in [4.69, 9.17) is 0 Å². The van der Waals surface area contributed by atoms with Crippen LogP contribution in [-0.2, 0) is 19.7 Å². The quantitative estimate of drug-likeness (QED) is 0.490. The summed E-state index contributed by atoms with van der Waals surface area (Å²) >= 11 is 0. The topological polar surface area (TPSA) is 55.9 Å². The van der Waals surface area contributed by atoms with E-state index < -0.39 is 27.9 Å². The maximum Gasteiger partial charge on any atom is 0.404 e. The van der Waals surface area contributed by atoms with E-state index in [0.29, 0.717) is 0 Å². The molecule has 0 spiro atoms. The lowest BCUT2D eigenvalue weighted by Gasteiger charge is -2.06. The summed E-state index contributed by atoms with van der Waals surface area (Å²) in [5.41, 5.74) is 0. The number of alkyl halides is 2. The number of methoxy groups -OCH3 is 1. The molecule has 1 aliphatic heterocycles. The summed E-state index contributed by atoms with van der Waals surface area (Å²) in [5, 5.41) is -4.52. The molecule has 0 aromatic carbocycles. The molecule has 4 nitrogen and oxygen atoms in total. The van der Waals surface area contributed by atoms with Crippen LogP contribution in [0.3, 0.4) is 0 Å². The normalized spacial score (nSPS) is 30.3. The molecule has 1 aliphatic rings. The number of rotatable bonds is 3. The third kappa shape index (κ3) is 1.41. The summed E-state index contributed by atoms with van der Waals surface area (Å²) in [6.07, 6.45) is -3.37. The summed E-state index contributed by atoms with van der Waals surface area (Å²) in [4.78, 5) is 0. The van der Waals surface area contributed by atoms with Gasteiger partial charge in [0.1, 0.15) is 0 Å². The lowest BCUT2D eigenvalue weighted by atomic mass is 10.5. The number of hydrogen-bond acceptors (Lipinski definition) is 4. The van der Waals surface area contributed by atoms with Crippen LogP contribution in [0.1, 0.15) is 0 Å². The van der Waals surface area contributed by atoms with Crippen molar-refractivity contribution in [1.29, 1.82) is 0 Å². The first kappa shape index (κ1) is 9.75. The van der Waals surface area contributed by atoms with Gasteiger partial charge in [-0.3, -0.25) is 0 Å². The maximum absolute atomic E-state index is 12.4. The molecule has 0 saturated carbocycles. The van der Waals surface area contributed by atoms with E-state index in [1.165, 1.54) is 0 Å². The minimum Gasteiger partial charge on any atom is -0.353 e. The van der Waals surface area contributed by atoms with Crippen molar-refractivity contribution in [2.75, 3.05) is 7.11 Å². The predicted octanol–water partition coefficient (Wildman–Crippen LogP) is 0.250. The van der Waals surface area contributed by atoms with Crippen LogP contribution in [0.5, 0.6) is 0 Å². The zero-order chi connectivity index (χ0) is 9.57. The summed E-state index contributed by atoms with van der Waals surface area (Å²) in [6, 6.07) is 0. The van der Waals surface area contributed by atoms with Gasteiger partial charge < -0.3 is 9.47 Å². The highest BCUT2D eigenvalue weighted by molar-refractivity contribution is 7.87. The highest BCUT2D eigenvalue weighted by Crippen LogP contribution is 2.41. The molecule has 2 atom stereocenters. The second-order valence-corrected chi connectivity index (χ2v) is 3.58. The largest absolute Gasteiger partial charge is 0.404 e. The van der Waals surface area contributed by atoms with E-state index >= 15 is 0 Å². The lowest BCUT2D eigenvalue weighted by Crippen LogP contribution is -2.33. The van der Waals surface area contributed by atoms with Gasteiger partial charge in [0.2, 0.25) is 0 Å². The number of halogens is 3. The molecular formula is C4H5F3O4S. The molecule has 0 radical (unpaired) electrons. The average Bonchev–Trinajstić information content (AvgIpc) is 2.62. The number of ether oxygens (including phenoxy) is 2. The molecule has 1 rings (SSSR count). The van der Waals surface area contributed by atoms with E-state index in [9.17, 15) is 21.1 Å². The van der Waals surface area contributed by atoms with Crippen molar-refractivity contribution in [3.63, 3.8) is 0 Å². The Balaban J connectivity index is 2.76. The Hall–Kier alpha value is -0.340. The van der Waals surface area contributed by atoms with Crippen LogP contribution in [0.4, 0.5) is 12.7 Å². The molecule has 0 bridgehead atoms. The van der Waals surface area contributed by atoms with Crippen molar-refractivity contribution >= 4 is 10.2 Å². The van der Waals surface area contributed by atoms with Gasteiger partial charge in [-0.15, -0.1) is 0 Å². The Morgan fingerprint density at radius 3 is 2.25 bits per heavy atom. The highest BCUT2D eigenvalue weighted by atomic mass is 32.3. The monoisotopic (exact) mass is 206 g/mol. The van der Waals surface area contributed by atoms with Crippen molar-refractivity contribution < 1.29 is 30.6 Å². The van der Waals surface area contributed by atoms with Crippen LogP contribution >= 0.6 is 0 Å². The van der Waals surface area contributed by atoms with E-state index in [2.05, 4.69) is 9.47 Å². The molecule has 1 fully saturated rings. The predicted molar refractivity (Wildman–Crippen MR) is 30.6 cm³/mol. The van der Waals surface area contributed by atoms with Gasteiger partial charge in [0.25, 0.3) is 0 Å². The fraction of sp³-hybridized carbons (Fsp3) is 1.00. The first-order chi connectivity index (χ1) is 5.30. The van der Waals surface area contributed by atoms with Crippen LogP contribution < -0.4 is 0 Å². The molecule has 72 valence electrons. The molecule has 0 aromatic heterocycles. The number of hydrogen-bond donors (Lipinski definition) is 0. The second-order valence-electron chi connectivity index (χ2n) is 2.16. The number of epoxide rings is 1. The highest BCUT2D eigenvalue weighted by Gasteiger charge is 2.66. The van der Waals surface area contributed by atoms with Crippen LogP contribution in [-0.4, -0.2) is 33.2 Å². The average molecular weight is 206 g/mol. The molecule has 2 unspecified atom stereocenters. The van der Waals surface area contributed by atoms with Gasteiger partial charge in [-0.1, -0.05) is 3.89 Å². The third-order valence-electron chi connectivity index (χ3n) is 1.34. The smallest absolute Gasteiger partial charge is 0.353 e. The van der Waals surface area contributed by atoms with Crippen molar-refractivity contribution in [2.24, 2.45) is 0 Å². The Bertz CT molecular complexity index is 274. The molecule has 12 heavy (non-hydrogen) atoms. The lowest BCUT2D eigenvalue weighted by molar-refractivity contribution is 0.0524. The molecule has 0 aliphatic carbocycles. The van der Waals surface area contributed by atoms with Crippen molar-refractivity contribution in [3.8, 4) is 0 Å². The molecule has 0 amide bonds. The fourth-order valence-electron chi connectivity index (χ4n) is 0.655. The summed E-state index contributed by atoms with van der Waals surface area (Å²) in [6.45, 7) is 0. The van der Waals surface area contributed by atoms with Gasteiger partial charge in [-0.2, -0.15) is 17.2 Å². The maximum atomic E-state index is 12.4. The second kappa shape index (κ2) is 2.57. The standard InChI is InChI=1S/C4H5F3O4S/c1-10-3-2(11-3)4(5,6)12(7,8)9/h2-3H,1H3.